The second kappa shape index (κ2) is 3.70. The molecular formula is C11H11FN2O. The van der Waals surface area contributed by atoms with E-state index in [9.17, 15) is 4.39 Å². The van der Waals surface area contributed by atoms with Crippen LogP contribution < -0.4 is 15.4 Å². The first-order valence-electron chi connectivity index (χ1n) is 4.62. The zero-order valence-electron chi connectivity index (χ0n) is 8.16. The summed E-state index contributed by atoms with van der Waals surface area (Å²) >= 11 is 0. The Kier molecular flexibility index (Phi) is 2.38. The van der Waals surface area contributed by atoms with Gasteiger partial charge in [-0.05, 0) is 6.07 Å². The zero-order chi connectivity index (χ0) is 10.8. The Morgan fingerprint density at radius 2 is 2.40 bits per heavy atom. The number of nitrogen functional groups attached to an aromatic ring is 1. The summed E-state index contributed by atoms with van der Waals surface area (Å²) in [5, 5.41) is 0. The van der Waals surface area contributed by atoms with Crippen molar-refractivity contribution in [2.24, 2.45) is 0 Å². The van der Waals surface area contributed by atoms with Gasteiger partial charge in [0.1, 0.15) is 18.2 Å². The molecule has 3 nitrogen and oxygen atoms in total. The summed E-state index contributed by atoms with van der Waals surface area (Å²) in [6.45, 7) is 1.68. The highest BCUT2D eigenvalue weighted by Gasteiger charge is 2.19. The van der Waals surface area contributed by atoms with Crippen LogP contribution in [0.25, 0.3) is 0 Å². The number of rotatable bonds is 1. The molecule has 0 aromatic heterocycles. The molecule has 0 bridgehead atoms. The van der Waals surface area contributed by atoms with Crippen molar-refractivity contribution in [2.75, 3.05) is 30.3 Å². The molecule has 2 rings (SSSR count). The Balaban J connectivity index is 2.43. The van der Waals surface area contributed by atoms with Gasteiger partial charge in [-0.1, -0.05) is 5.92 Å². The van der Waals surface area contributed by atoms with Crippen molar-refractivity contribution in [3.05, 3.63) is 17.9 Å². The van der Waals surface area contributed by atoms with E-state index in [4.69, 9.17) is 16.9 Å². The number of fused-ring (bicyclic) bond motifs is 1. The van der Waals surface area contributed by atoms with Crippen LogP contribution in [0.3, 0.4) is 0 Å². The van der Waals surface area contributed by atoms with Crippen molar-refractivity contribution < 1.29 is 9.13 Å². The Morgan fingerprint density at radius 1 is 1.60 bits per heavy atom. The lowest BCUT2D eigenvalue weighted by molar-refractivity contribution is 0.308. The van der Waals surface area contributed by atoms with Crippen molar-refractivity contribution >= 4 is 11.4 Å². The first-order valence-corrected chi connectivity index (χ1v) is 4.62. The van der Waals surface area contributed by atoms with Crippen LogP contribution in [0.5, 0.6) is 5.75 Å². The average Bonchev–Trinajstić information content (AvgIpc) is 2.21. The molecule has 0 amide bonds. The van der Waals surface area contributed by atoms with Crippen LogP contribution in [-0.2, 0) is 0 Å². The van der Waals surface area contributed by atoms with Gasteiger partial charge in [-0.3, -0.25) is 0 Å². The third-order valence-electron chi connectivity index (χ3n) is 2.32. The number of anilines is 2. The molecule has 78 valence electrons. The van der Waals surface area contributed by atoms with Gasteiger partial charge < -0.3 is 15.4 Å². The van der Waals surface area contributed by atoms with Gasteiger partial charge in [-0.15, -0.1) is 6.42 Å². The van der Waals surface area contributed by atoms with Crippen LogP contribution in [0.4, 0.5) is 15.8 Å². The molecule has 1 aromatic rings. The number of benzene rings is 1. The van der Waals surface area contributed by atoms with Crippen LogP contribution in [0, 0.1) is 18.2 Å². The molecule has 0 spiro atoms. The molecule has 1 aliphatic heterocycles. The first kappa shape index (κ1) is 9.66. The van der Waals surface area contributed by atoms with Crippen LogP contribution in [0.15, 0.2) is 12.1 Å². The predicted octanol–water partition coefficient (Wildman–Crippen LogP) is 1.24. The molecule has 1 aromatic carbocycles. The summed E-state index contributed by atoms with van der Waals surface area (Å²) in [5.74, 6) is 2.59. The van der Waals surface area contributed by atoms with E-state index in [1.165, 1.54) is 6.07 Å². The lowest BCUT2D eigenvalue weighted by Crippen LogP contribution is -2.33. The molecule has 2 N–H and O–H groups in total. The Morgan fingerprint density at radius 3 is 3.13 bits per heavy atom. The van der Waals surface area contributed by atoms with E-state index in [-0.39, 0.29) is 5.69 Å². The summed E-state index contributed by atoms with van der Waals surface area (Å²) in [5.41, 5.74) is 6.37. The number of halogens is 1. The smallest absolute Gasteiger partial charge is 0.149 e. The number of nitrogens with zero attached hydrogens (tertiary/aromatic N) is 1. The molecular weight excluding hydrogens is 195 g/mol. The number of ether oxygens (including phenoxy) is 1. The molecule has 4 heteroatoms. The maximum atomic E-state index is 13.2. The lowest BCUT2D eigenvalue weighted by atomic mass is 10.2. The minimum atomic E-state index is -0.462. The van der Waals surface area contributed by atoms with E-state index in [0.717, 1.165) is 5.69 Å². The van der Waals surface area contributed by atoms with Gasteiger partial charge in [-0.25, -0.2) is 4.39 Å². The highest BCUT2D eigenvalue weighted by atomic mass is 19.1. The molecule has 0 aliphatic carbocycles. The zero-order valence-corrected chi connectivity index (χ0v) is 8.16. The maximum absolute atomic E-state index is 13.2. The van der Waals surface area contributed by atoms with Crippen LogP contribution in [0.2, 0.25) is 0 Å². The van der Waals surface area contributed by atoms with Gasteiger partial charge in [-0.2, -0.15) is 0 Å². The molecule has 0 atom stereocenters. The van der Waals surface area contributed by atoms with E-state index in [1.807, 2.05) is 4.90 Å². The molecule has 0 saturated heterocycles. The Labute approximate surface area is 87.6 Å². The van der Waals surface area contributed by atoms with Crippen molar-refractivity contribution in [2.45, 2.75) is 0 Å². The monoisotopic (exact) mass is 206 g/mol. The Hall–Kier alpha value is -1.89. The van der Waals surface area contributed by atoms with E-state index in [0.29, 0.717) is 25.4 Å². The molecule has 1 heterocycles. The van der Waals surface area contributed by atoms with Gasteiger partial charge in [0.2, 0.25) is 0 Å². The molecule has 1 aliphatic rings. The fourth-order valence-electron chi connectivity index (χ4n) is 1.58. The minimum Gasteiger partial charge on any atom is -0.489 e. The SMILES string of the molecule is C#CCN1CCOc2cc(F)c(N)cc21. The lowest BCUT2D eigenvalue weighted by Gasteiger charge is -2.29. The second-order valence-electron chi connectivity index (χ2n) is 3.32. The molecule has 0 saturated carbocycles. The van der Waals surface area contributed by atoms with Crippen molar-refractivity contribution in [3.8, 4) is 18.1 Å². The largest absolute Gasteiger partial charge is 0.489 e. The molecule has 15 heavy (non-hydrogen) atoms. The highest BCUT2D eigenvalue weighted by molar-refractivity contribution is 5.67. The third kappa shape index (κ3) is 1.68. The van der Waals surface area contributed by atoms with Crippen LogP contribution in [0.1, 0.15) is 0 Å². The maximum Gasteiger partial charge on any atom is 0.149 e. The normalized spacial score (nSPS) is 14.0. The van der Waals surface area contributed by atoms with Crippen molar-refractivity contribution in [1.82, 2.24) is 0 Å². The first-order chi connectivity index (χ1) is 7.22. The molecule has 0 fully saturated rings. The Bertz CT molecular complexity index is 425. The van der Waals surface area contributed by atoms with Gasteiger partial charge in [0, 0.05) is 6.07 Å². The third-order valence-corrected chi connectivity index (χ3v) is 2.32. The fraction of sp³-hybridized carbons (Fsp3) is 0.273. The molecule has 0 radical (unpaired) electrons. The standard InChI is InChI=1S/C11H11FN2O/c1-2-3-14-4-5-15-11-6-8(12)9(13)7-10(11)14/h1,6-7H,3-5,13H2. The summed E-state index contributed by atoms with van der Waals surface area (Å²) in [6.07, 6.45) is 5.25. The van der Waals surface area contributed by atoms with Gasteiger partial charge in [0.25, 0.3) is 0 Å². The van der Waals surface area contributed by atoms with Gasteiger partial charge in [0.15, 0.2) is 0 Å². The van der Waals surface area contributed by atoms with Gasteiger partial charge >= 0.3 is 0 Å². The predicted molar refractivity (Wildman–Crippen MR) is 57.4 cm³/mol. The van der Waals surface area contributed by atoms with E-state index >= 15 is 0 Å². The van der Waals surface area contributed by atoms with E-state index < -0.39 is 5.82 Å². The summed E-state index contributed by atoms with van der Waals surface area (Å²) in [6, 6.07) is 2.86. The molecule has 0 unspecified atom stereocenters. The van der Waals surface area contributed by atoms with Crippen LogP contribution in [-0.4, -0.2) is 19.7 Å². The van der Waals surface area contributed by atoms with Crippen molar-refractivity contribution in [3.63, 3.8) is 0 Å². The van der Waals surface area contributed by atoms with E-state index in [2.05, 4.69) is 5.92 Å². The highest BCUT2D eigenvalue weighted by Crippen LogP contribution is 2.34. The summed E-state index contributed by atoms with van der Waals surface area (Å²) in [4.78, 5) is 1.94. The number of terminal acetylenes is 1. The minimum absolute atomic E-state index is 0.112. The number of hydrogen-bond acceptors (Lipinski definition) is 3. The van der Waals surface area contributed by atoms with Gasteiger partial charge in [0.05, 0.1) is 24.5 Å². The number of nitrogens with two attached hydrogens (primary N) is 1. The summed E-state index contributed by atoms with van der Waals surface area (Å²) in [7, 11) is 0. The topological polar surface area (TPSA) is 38.5 Å². The van der Waals surface area contributed by atoms with Crippen LogP contribution >= 0.6 is 0 Å². The summed E-state index contributed by atoms with van der Waals surface area (Å²) < 4.78 is 18.5. The fourth-order valence-corrected chi connectivity index (χ4v) is 1.58. The average molecular weight is 206 g/mol. The number of hydrogen-bond donors (Lipinski definition) is 1. The quantitative estimate of drug-likeness (QED) is 0.555. The van der Waals surface area contributed by atoms with E-state index in [1.54, 1.807) is 6.07 Å². The second-order valence-corrected chi connectivity index (χ2v) is 3.32. The van der Waals surface area contributed by atoms with Crippen molar-refractivity contribution in [1.29, 1.82) is 0 Å².